The monoisotopic (exact) mass is 465 g/mol. The van der Waals surface area contributed by atoms with Gasteiger partial charge in [0, 0.05) is 29.3 Å². The molecule has 1 aliphatic heterocycles. The molecule has 176 valence electrons. The molecule has 6 heteroatoms. The average molecular weight is 466 g/mol. The zero-order chi connectivity index (χ0) is 24.2. The normalized spacial score (nSPS) is 13.1. The molecule has 1 aromatic heterocycles. The Balaban J connectivity index is 1.45. The van der Waals surface area contributed by atoms with Crippen molar-refractivity contribution in [2.24, 2.45) is 0 Å². The molecule has 2 amide bonds. The van der Waals surface area contributed by atoms with Crippen LogP contribution in [0.25, 0.3) is 16.5 Å². The summed E-state index contributed by atoms with van der Waals surface area (Å²) in [6, 6.07) is 25.6. The third kappa shape index (κ3) is 4.68. The number of carbonyl (C=O) groups excluding carboxylic acids is 2. The Labute approximate surface area is 204 Å². The predicted molar refractivity (Wildman–Crippen MR) is 138 cm³/mol. The van der Waals surface area contributed by atoms with Crippen LogP contribution in [-0.4, -0.2) is 35.0 Å². The highest BCUT2D eigenvalue weighted by Gasteiger charge is 2.27. The number of urea groups is 1. The molecule has 35 heavy (non-hydrogen) atoms. The zero-order valence-corrected chi connectivity index (χ0v) is 19.6. The highest BCUT2D eigenvalue weighted by molar-refractivity contribution is 6.18. The lowest BCUT2D eigenvalue weighted by atomic mass is 10.0. The maximum absolute atomic E-state index is 13.4. The zero-order valence-electron chi connectivity index (χ0n) is 19.6. The number of amides is 2. The van der Waals surface area contributed by atoms with Crippen molar-refractivity contribution in [1.29, 1.82) is 0 Å². The summed E-state index contributed by atoms with van der Waals surface area (Å²) in [5, 5.41) is 4.11. The number of hydrogen-bond donors (Lipinski definition) is 2. The first-order chi connectivity index (χ1) is 17.1. The molecule has 0 fully saturated rings. The van der Waals surface area contributed by atoms with Crippen molar-refractivity contribution < 1.29 is 14.3 Å². The Morgan fingerprint density at radius 1 is 0.971 bits per heavy atom. The number of hydrogen-bond acceptors (Lipinski definition) is 3. The number of aromatic amines is 1. The average Bonchev–Trinajstić information content (AvgIpc) is 3.13. The van der Waals surface area contributed by atoms with Gasteiger partial charge in [-0.05, 0) is 48.6 Å². The van der Waals surface area contributed by atoms with E-state index in [1.165, 1.54) is 5.56 Å². The van der Waals surface area contributed by atoms with E-state index >= 15 is 0 Å². The number of carbonyl (C=O) groups is 2. The van der Waals surface area contributed by atoms with Crippen LogP contribution in [0, 0.1) is 0 Å². The molecule has 1 aliphatic rings. The van der Waals surface area contributed by atoms with Gasteiger partial charge >= 0.3 is 12.0 Å². The molecule has 2 heterocycles. The number of para-hydroxylation sites is 2. The minimum atomic E-state index is -0.454. The predicted octanol–water partition coefficient (Wildman–Crippen LogP) is 5.75. The van der Waals surface area contributed by atoms with Gasteiger partial charge in [0.25, 0.3) is 0 Å². The fourth-order valence-corrected chi connectivity index (χ4v) is 4.53. The number of H-pyrrole nitrogens is 1. The quantitative estimate of drug-likeness (QED) is 0.369. The molecule has 6 nitrogen and oxygen atoms in total. The number of aromatic nitrogens is 1. The van der Waals surface area contributed by atoms with Crippen LogP contribution < -0.4 is 5.32 Å². The van der Waals surface area contributed by atoms with Crippen LogP contribution in [0.2, 0.25) is 0 Å². The van der Waals surface area contributed by atoms with Gasteiger partial charge in [0.05, 0.1) is 17.9 Å². The summed E-state index contributed by atoms with van der Waals surface area (Å²) in [6.07, 6.45) is 2.92. The van der Waals surface area contributed by atoms with E-state index in [-0.39, 0.29) is 12.6 Å². The minimum Gasteiger partial charge on any atom is -0.462 e. The Hall–Kier alpha value is -4.32. The second kappa shape index (κ2) is 9.89. The Kier molecular flexibility index (Phi) is 6.35. The number of nitrogens with zero attached hydrogens (tertiary/aromatic N) is 1. The lowest BCUT2D eigenvalue weighted by molar-refractivity contribution is -0.136. The van der Waals surface area contributed by atoms with Gasteiger partial charge in [0.2, 0.25) is 0 Å². The first kappa shape index (κ1) is 22.5. The maximum Gasteiger partial charge on any atom is 0.341 e. The molecule has 0 atom stereocenters. The second-order valence-electron chi connectivity index (χ2n) is 8.48. The van der Waals surface area contributed by atoms with Crippen LogP contribution in [0.5, 0.6) is 0 Å². The van der Waals surface area contributed by atoms with Crippen molar-refractivity contribution in [2.45, 2.75) is 19.8 Å². The number of anilines is 1. The summed E-state index contributed by atoms with van der Waals surface area (Å²) in [5.74, 6) is -0.454. The van der Waals surface area contributed by atoms with Gasteiger partial charge in [-0.15, -0.1) is 0 Å². The SMILES string of the molecule is CCOC(=O)C1=CN(C(=O)Nc2ccccc2Cc2ccccc2)CCc2c1[nH]c1ccccc21. The summed E-state index contributed by atoms with van der Waals surface area (Å²) in [5.41, 5.74) is 5.97. The van der Waals surface area contributed by atoms with Gasteiger partial charge in [-0.1, -0.05) is 66.7 Å². The molecule has 5 rings (SSSR count). The number of esters is 1. The van der Waals surface area contributed by atoms with E-state index in [0.29, 0.717) is 30.7 Å². The molecule has 0 spiro atoms. The number of fused-ring (bicyclic) bond motifs is 3. The van der Waals surface area contributed by atoms with Gasteiger partial charge in [-0.2, -0.15) is 0 Å². The van der Waals surface area contributed by atoms with Gasteiger partial charge in [-0.25, -0.2) is 9.59 Å². The molecule has 0 bridgehead atoms. The van der Waals surface area contributed by atoms with Crippen LogP contribution >= 0.6 is 0 Å². The van der Waals surface area contributed by atoms with Gasteiger partial charge < -0.3 is 15.0 Å². The Morgan fingerprint density at radius 2 is 1.71 bits per heavy atom. The van der Waals surface area contributed by atoms with Crippen LogP contribution in [0.15, 0.2) is 85.1 Å². The third-order valence-electron chi connectivity index (χ3n) is 6.22. The van der Waals surface area contributed by atoms with Crippen LogP contribution in [-0.2, 0) is 22.4 Å². The highest BCUT2D eigenvalue weighted by Crippen LogP contribution is 2.31. The fraction of sp³-hybridized carbons (Fsp3) is 0.172. The lowest BCUT2D eigenvalue weighted by Gasteiger charge is -2.20. The molecule has 4 aromatic rings. The number of rotatable bonds is 5. The maximum atomic E-state index is 13.4. The van der Waals surface area contributed by atoms with E-state index in [1.54, 1.807) is 18.0 Å². The Bertz CT molecular complexity index is 1410. The van der Waals surface area contributed by atoms with Crippen molar-refractivity contribution in [1.82, 2.24) is 9.88 Å². The standard InChI is InChI=1S/C29H27N3O3/c1-2-35-28(33)24-19-32(17-16-23-22-13-7-9-15-26(22)30-27(23)24)29(34)31-25-14-8-6-12-21(25)18-20-10-4-3-5-11-20/h3-15,19,30H,2,16-18H2,1H3,(H,31,34). The molecule has 0 aliphatic carbocycles. The number of benzene rings is 3. The smallest absolute Gasteiger partial charge is 0.341 e. The Morgan fingerprint density at radius 3 is 2.54 bits per heavy atom. The lowest BCUT2D eigenvalue weighted by Crippen LogP contribution is -2.32. The van der Waals surface area contributed by atoms with Crippen molar-refractivity contribution in [3.8, 4) is 0 Å². The summed E-state index contributed by atoms with van der Waals surface area (Å²) < 4.78 is 5.34. The van der Waals surface area contributed by atoms with E-state index in [0.717, 1.165) is 27.7 Å². The molecule has 0 saturated heterocycles. The molecule has 0 radical (unpaired) electrons. The van der Waals surface area contributed by atoms with E-state index in [2.05, 4.69) is 22.4 Å². The molecule has 3 aromatic carbocycles. The van der Waals surface area contributed by atoms with Crippen LogP contribution in [0.3, 0.4) is 0 Å². The summed E-state index contributed by atoms with van der Waals surface area (Å²) >= 11 is 0. The molecular weight excluding hydrogens is 438 g/mol. The number of nitrogens with one attached hydrogen (secondary N) is 2. The minimum absolute atomic E-state index is 0.255. The van der Waals surface area contributed by atoms with Gasteiger partial charge in [-0.3, -0.25) is 4.90 Å². The summed E-state index contributed by atoms with van der Waals surface area (Å²) in [7, 11) is 0. The first-order valence-corrected chi connectivity index (χ1v) is 11.8. The van der Waals surface area contributed by atoms with Crippen molar-refractivity contribution >= 4 is 34.2 Å². The van der Waals surface area contributed by atoms with Gasteiger partial charge in [0.1, 0.15) is 0 Å². The summed E-state index contributed by atoms with van der Waals surface area (Å²) in [6.45, 7) is 2.46. The second-order valence-corrected chi connectivity index (χ2v) is 8.48. The first-order valence-electron chi connectivity index (χ1n) is 11.8. The van der Waals surface area contributed by atoms with E-state index in [9.17, 15) is 9.59 Å². The molecule has 2 N–H and O–H groups in total. The van der Waals surface area contributed by atoms with E-state index in [4.69, 9.17) is 4.74 Å². The van der Waals surface area contributed by atoms with Crippen molar-refractivity contribution in [2.75, 3.05) is 18.5 Å². The van der Waals surface area contributed by atoms with E-state index < -0.39 is 5.97 Å². The van der Waals surface area contributed by atoms with Crippen LogP contribution in [0.1, 0.15) is 29.3 Å². The largest absolute Gasteiger partial charge is 0.462 e. The molecular formula is C29H27N3O3. The van der Waals surface area contributed by atoms with E-state index in [1.807, 2.05) is 66.7 Å². The summed E-state index contributed by atoms with van der Waals surface area (Å²) in [4.78, 5) is 31.2. The number of ether oxygens (including phenoxy) is 1. The van der Waals surface area contributed by atoms with Crippen molar-refractivity contribution in [3.05, 3.63) is 107 Å². The van der Waals surface area contributed by atoms with Gasteiger partial charge in [0.15, 0.2) is 0 Å². The third-order valence-corrected chi connectivity index (χ3v) is 6.22. The molecule has 0 saturated carbocycles. The van der Waals surface area contributed by atoms with Crippen LogP contribution in [0.4, 0.5) is 10.5 Å². The topological polar surface area (TPSA) is 74.4 Å². The van der Waals surface area contributed by atoms with Crippen molar-refractivity contribution in [3.63, 3.8) is 0 Å². The highest BCUT2D eigenvalue weighted by atomic mass is 16.5. The fourth-order valence-electron chi connectivity index (χ4n) is 4.53. The molecule has 0 unspecified atom stereocenters.